The molecule has 0 saturated carbocycles. The zero-order valence-corrected chi connectivity index (χ0v) is 24.1. The van der Waals surface area contributed by atoms with E-state index in [9.17, 15) is 24.3 Å². The van der Waals surface area contributed by atoms with E-state index in [-0.39, 0.29) is 31.7 Å². The Kier molecular flexibility index (Phi) is 12.0. The van der Waals surface area contributed by atoms with Gasteiger partial charge in [0.05, 0.1) is 13.0 Å². The summed E-state index contributed by atoms with van der Waals surface area (Å²) in [6.45, 7) is 10.6. The Balaban J connectivity index is 2.45. The highest BCUT2D eigenvalue weighted by molar-refractivity contribution is 5.92. The average molecular weight is 556 g/mol. The van der Waals surface area contributed by atoms with E-state index in [2.05, 4.69) is 10.6 Å². The van der Waals surface area contributed by atoms with Gasteiger partial charge in [-0.2, -0.15) is 0 Å². The van der Waals surface area contributed by atoms with E-state index in [0.29, 0.717) is 5.56 Å². The molecule has 0 aliphatic rings. The fourth-order valence-electron chi connectivity index (χ4n) is 4.07. The molecule has 0 aliphatic heterocycles. The molecule has 218 valence electrons. The second-order valence-electron chi connectivity index (χ2n) is 10.6. The first-order valence-corrected chi connectivity index (χ1v) is 13.4. The van der Waals surface area contributed by atoms with Crippen molar-refractivity contribution in [3.8, 4) is 5.75 Å². The lowest BCUT2D eigenvalue weighted by Gasteiger charge is -2.37. The molecule has 0 aliphatic carbocycles. The Labute approximate surface area is 236 Å². The quantitative estimate of drug-likeness (QED) is 0.339. The van der Waals surface area contributed by atoms with Crippen LogP contribution >= 0.6 is 0 Å². The van der Waals surface area contributed by atoms with Gasteiger partial charge in [0, 0.05) is 19.0 Å². The number of hydrogen-bond donors (Lipinski definition) is 3. The van der Waals surface area contributed by atoms with Crippen LogP contribution in [0.25, 0.3) is 0 Å². The molecule has 0 bridgehead atoms. The maximum absolute atomic E-state index is 14.2. The fraction of sp³-hybridized carbons (Fsp3) is 0.467. The summed E-state index contributed by atoms with van der Waals surface area (Å²) >= 11 is 0. The van der Waals surface area contributed by atoms with E-state index >= 15 is 0 Å². The minimum Gasteiger partial charge on any atom is -0.508 e. The SMILES string of the molecule is CCOC(=O)CCNC(=O)C(c1ccc(O)cc1)N(C(=O)C(Cc1ccccc1)NC(=O)OC(C)(C)C)C(C)C. The molecule has 10 heteroatoms. The van der Waals surface area contributed by atoms with E-state index < -0.39 is 47.6 Å². The number of phenols is 1. The number of phenolic OH excluding ortho intramolecular Hbond substituents is 1. The van der Waals surface area contributed by atoms with Gasteiger partial charge in [-0.3, -0.25) is 14.4 Å². The maximum Gasteiger partial charge on any atom is 0.408 e. The summed E-state index contributed by atoms with van der Waals surface area (Å²) in [5, 5.41) is 15.3. The number of esters is 1. The van der Waals surface area contributed by atoms with Crippen LogP contribution in [0.4, 0.5) is 4.79 Å². The Bertz CT molecular complexity index is 1130. The molecule has 0 radical (unpaired) electrons. The second kappa shape index (κ2) is 14.9. The summed E-state index contributed by atoms with van der Waals surface area (Å²) in [6.07, 6.45) is -0.631. The standard InChI is InChI=1S/C30H41N3O7/c1-7-39-25(35)17-18-31-27(36)26(22-13-15-23(34)16-14-22)33(20(2)3)28(37)24(19-21-11-9-8-10-12-21)32-29(38)40-30(4,5)6/h8-16,20,24,26,34H,7,17-19H2,1-6H3,(H,31,36)(H,32,38). The molecule has 2 unspecified atom stereocenters. The van der Waals surface area contributed by atoms with Crippen LogP contribution in [0.15, 0.2) is 54.6 Å². The average Bonchev–Trinajstić information content (AvgIpc) is 2.86. The number of aromatic hydroxyl groups is 1. The van der Waals surface area contributed by atoms with Gasteiger partial charge < -0.3 is 30.1 Å². The van der Waals surface area contributed by atoms with Crippen molar-refractivity contribution in [1.82, 2.24) is 15.5 Å². The summed E-state index contributed by atoms with van der Waals surface area (Å²) < 4.78 is 10.4. The minimum absolute atomic E-state index is 0.00110. The van der Waals surface area contributed by atoms with Gasteiger partial charge in [0.25, 0.3) is 0 Å². The Hall–Kier alpha value is -4.08. The van der Waals surface area contributed by atoms with Crippen molar-refractivity contribution in [2.75, 3.05) is 13.2 Å². The van der Waals surface area contributed by atoms with Crippen molar-refractivity contribution < 1.29 is 33.8 Å². The van der Waals surface area contributed by atoms with Gasteiger partial charge in [0.1, 0.15) is 23.4 Å². The molecular formula is C30H41N3O7. The minimum atomic E-state index is -1.12. The fourth-order valence-corrected chi connectivity index (χ4v) is 4.07. The number of ether oxygens (including phenoxy) is 2. The van der Waals surface area contributed by atoms with Crippen LogP contribution in [-0.2, 0) is 30.3 Å². The van der Waals surface area contributed by atoms with Crippen molar-refractivity contribution in [2.24, 2.45) is 0 Å². The molecule has 3 amide bonds. The lowest BCUT2D eigenvalue weighted by atomic mass is 9.98. The van der Waals surface area contributed by atoms with E-state index in [1.165, 1.54) is 17.0 Å². The largest absolute Gasteiger partial charge is 0.508 e. The molecule has 0 heterocycles. The van der Waals surface area contributed by atoms with E-state index in [4.69, 9.17) is 9.47 Å². The number of amides is 3. The molecule has 0 spiro atoms. The van der Waals surface area contributed by atoms with Gasteiger partial charge in [-0.15, -0.1) is 0 Å². The molecule has 2 aromatic rings. The van der Waals surface area contributed by atoms with Gasteiger partial charge in [-0.25, -0.2) is 4.79 Å². The lowest BCUT2D eigenvalue weighted by molar-refractivity contribution is -0.145. The molecule has 2 atom stereocenters. The highest BCUT2D eigenvalue weighted by atomic mass is 16.6. The van der Waals surface area contributed by atoms with Crippen LogP contribution in [-0.4, -0.2) is 64.7 Å². The van der Waals surface area contributed by atoms with Crippen LogP contribution < -0.4 is 10.6 Å². The first kappa shape index (κ1) is 32.1. The zero-order chi connectivity index (χ0) is 29.9. The molecule has 0 aromatic heterocycles. The number of nitrogens with zero attached hydrogens (tertiary/aromatic N) is 1. The van der Waals surface area contributed by atoms with Crippen molar-refractivity contribution in [2.45, 2.75) is 78.1 Å². The van der Waals surface area contributed by atoms with Crippen LogP contribution in [0.5, 0.6) is 5.75 Å². The smallest absolute Gasteiger partial charge is 0.408 e. The molecule has 2 rings (SSSR count). The summed E-state index contributed by atoms with van der Waals surface area (Å²) in [5.74, 6) is -1.47. The van der Waals surface area contributed by atoms with E-state index in [0.717, 1.165) is 5.56 Å². The third-order valence-corrected chi connectivity index (χ3v) is 5.75. The van der Waals surface area contributed by atoms with Gasteiger partial charge in [0.15, 0.2) is 0 Å². The Morgan fingerprint density at radius 1 is 0.975 bits per heavy atom. The summed E-state index contributed by atoms with van der Waals surface area (Å²) in [5.41, 5.74) is 0.472. The summed E-state index contributed by atoms with van der Waals surface area (Å²) in [7, 11) is 0. The molecule has 10 nitrogen and oxygen atoms in total. The van der Waals surface area contributed by atoms with Crippen LogP contribution in [0.3, 0.4) is 0 Å². The number of hydrogen-bond acceptors (Lipinski definition) is 7. The third-order valence-electron chi connectivity index (χ3n) is 5.75. The highest BCUT2D eigenvalue weighted by Crippen LogP contribution is 2.27. The van der Waals surface area contributed by atoms with E-state index in [1.807, 2.05) is 30.3 Å². The van der Waals surface area contributed by atoms with Crippen molar-refractivity contribution in [3.63, 3.8) is 0 Å². The first-order valence-electron chi connectivity index (χ1n) is 13.4. The lowest BCUT2D eigenvalue weighted by Crippen LogP contribution is -2.55. The predicted octanol–water partition coefficient (Wildman–Crippen LogP) is 3.88. The second-order valence-corrected chi connectivity index (χ2v) is 10.6. The number of carbonyl (C=O) groups excluding carboxylic acids is 4. The van der Waals surface area contributed by atoms with Gasteiger partial charge in [-0.05, 0) is 64.8 Å². The first-order chi connectivity index (χ1) is 18.8. The van der Waals surface area contributed by atoms with Crippen molar-refractivity contribution in [3.05, 3.63) is 65.7 Å². The van der Waals surface area contributed by atoms with E-state index in [1.54, 1.807) is 53.7 Å². The molecular weight excluding hydrogens is 514 g/mol. The van der Waals surface area contributed by atoms with Gasteiger partial charge >= 0.3 is 12.1 Å². The van der Waals surface area contributed by atoms with Crippen LogP contribution in [0.1, 0.15) is 65.1 Å². The normalized spacial score (nSPS) is 12.7. The van der Waals surface area contributed by atoms with Gasteiger partial charge in [-0.1, -0.05) is 42.5 Å². The monoisotopic (exact) mass is 555 g/mol. The number of benzene rings is 2. The Morgan fingerprint density at radius 2 is 1.60 bits per heavy atom. The molecule has 0 saturated heterocycles. The number of rotatable bonds is 12. The van der Waals surface area contributed by atoms with Crippen LogP contribution in [0.2, 0.25) is 0 Å². The van der Waals surface area contributed by atoms with Crippen molar-refractivity contribution in [1.29, 1.82) is 0 Å². The molecule has 2 aromatic carbocycles. The Morgan fingerprint density at radius 3 is 2.15 bits per heavy atom. The van der Waals surface area contributed by atoms with Gasteiger partial charge in [0.2, 0.25) is 11.8 Å². The number of alkyl carbamates (subject to hydrolysis) is 1. The predicted molar refractivity (Wildman–Crippen MR) is 150 cm³/mol. The van der Waals surface area contributed by atoms with Crippen LogP contribution in [0, 0.1) is 0 Å². The van der Waals surface area contributed by atoms with Crippen molar-refractivity contribution >= 4 is 23.9 Å². The topological polar surface area (TPSA) is 134 Å². The summed E-state index contributed by atoms with van der Waals surface area (Å²) in [4.78, 5) is 53.7. The third kappa shape index (κ3) is 10.2. The highest BCUT2D eigenvalue weighted by Gasteiger charge is 2.38. The summed E-state index contributed by atoms with van der Waals surface area (Å²) in [6, 6.07) is 12.5. The zero-order valence-electron chi connectivity index (χ0n) is 24.1. The molecule has 40 heavy (non-hydrogen) atoms. The molecule has 3 N–H and O–H groups in total. The number of carbonyl (C=O) groups is 4. The number of nitrogens with one attached hydrogen (secondary N) is 2. The maximum atomic E-state index is 14.2. The molecule has 0 fully saturated rings.